The van der Waals surface area contributed by atoms with Gasteiger partial charge < -0.3 is 14.2 Å². The van der Waals surface area contributed by atoms with Gasteiger partial charge in [0.15, 0.2) is 5.82 Å². The van der Waals surface area contributed by atoms with Crippen LogP contribution in [0.1, 0.15) is 0 Å². The summed E-state index contributed by atoms with van der Waals surface area (Å²) in [6, 6.07) is 6.56. The summed E-state index contributed by atoms with van der Waals surface area (Å²) in [6.45, 7) is 0. The maximum Gasteiger partial charge on any atom is 0.376 e. The predicted octanol–water partition coefficient (Wildman–Crippen LogP) is 3.32. The van der Waals surface area contributed by atoms with Crippen molar-refractivity contribution in [1.29, 1.82) is 0 Å². The van der Waals surface area contributed by atoms with E-state index in [9.17, 15) is 9.18 Å². The van der Waals surface area contributed by atoms with E-state index < -0.39 is 18.2 Å². The largest absolute Gasteiger partial charge is 0.464 e. The van der Waals surface area contributed by atoms with E-state index >= 15 is 0 Å². The van der Waals surface area contributed by atoms with Crippen LogP contribution in [-0.2, 0) is 14.3 Å². The molecule has 0 aliphatic heterocycles. The number of methoxy groups -OCH3 is 2. The van der Waals surface area contributed by atoms with Crippen LogP contribution in [0.15, 0.2) is 41.6 Å². The predicted molar refractivity (Wildman–Crippen MR) is 112 cm³/mol. The third-order valence-electron chi connectivity index (χ3n) is 3.80. The number of halogens is 2. The van der Waals surface area contributed by atoms with Gasteiger partial charge in [-0.3, -0.25) is 0 Å². The average Bonchev–Trinajstić information content (AvgIpc) is 3.07. The molecule has 0 N–H and O–H groups in total. The highest BCUT2D eigenvalue weighted by Gasteiger charge is 2.27. The molecule has 0 spiro atoms. The normalized spacial score (nSPS) is 11.9. The molecule has 3 heterocycles. The number of thioether (sulfide) groups is 1. The number of hydrogen-bond donors (Lipinski definition) is 0. The van der Waals surface area contributed by atoms with Crippen LogP contribution in [0.2, 0.25) is 0 Å². The smallest absolute Gasteiger partial charge is 0.376 e. The fourth-order valence-corrected chi connectivity index (χ4v) is 3.77. The molecule has 0 aliphatic rings. The van der Waals surface area contributed by atoms with Crippen molar-refractivity contribution in [3.63, 3.8) is 0 Å². The van der Waals surface area contributed by atoms with Crippen LogP contribution in [0, 0.1) is 9.52 Å². The van der Waals surface area contributed by atoms with Crippen molar-refractivity contribution in [2.24, 2.45) is 0 Å². The lowest BCUT2D eigenvalue weighted by Crippen LogP contribution is -2.30. The van der Waals surface area contributed by atoms with Crippen LogP contribution < -0.4 is 4.74 Å². The minimum Gasteiger partial charge on any atom is -0.464 e. The van der Waals surface area contributed by atoms with Gasteiger partial charge in [-0.25, -0.2) is 19.4 Å². The van der Waals surface area contributed by atoms with Crippen LogP contribution in [0.25, 0.3) is 17.1 Å². The number of ether oxygens (including phenoxy) is 3. The molecule has 3 aromatic heterocycles. The fourth-order valence-electron chi connectivity index (χ4n) is 2.46. The van der Waals surface area contributed by atoms with Crippen LogP contribution in [0.5, 0.6) is 5.88 Å². The Hall–Kier alpha value is -2.25. The second-order valence-electron chi connectivity index (χ2n) is 5.49. The molecule has 29 heavy (non-hydrogen) atoms. The van der Waals surface area contributed by atoms with E-state index in [1.165, 1.54) is 38.2 Å². The van der Waals surface area contributed by atoms with Gasteiger partial charge in [-0.15, -0.1) is 16.9 Å². The molecule has 1 atom stereocenters. The molecule has 152 valence electrons. The van der Waals surface area contributed by atoms with Crippen molar-refractivity contribution in [2.75, 3.05) is 20.5 Å². The molecule has 0 saturated carbocycles. The molecule has 1 unspecified atom stereocenters. The lowest BCUT2D eigenvalue weighted by molar-refractivity contribution is -0.170. The molecule has 0 saturated heterocycles. The van der Waals surface area contributed by atoms with E-state index in [0.717, 1.165) is 4.90 Å². The van der Waals surface area contributed by atoms with Crippen LogP contribution in [0.3, 0.4) is 0 Å². The molecule has 11 heteroatoms. The van der Waals surface area contributed by atoms with Gasteiger partial charge >= 0.3 is 12.3 Å². The molecule has 3 rings (SSSR count). The monoisotopic (exact) mass is 530 g/mol. The van der Waals surface area contributed by atoms with Crippen LogP contribution in [0.4, 0.5) is 4.39 Å². The number of rotatable bonds is 7. The first kappa shape index (κ1) is 21.5. The van der Waals surface area contributed by atoms with Gasteiger partial charge in [0.1, 0.15) is 3.57 Å². The zero-order chi connectivity index (χ0) is 21.0. The first-order chi connectivity index (χ1) is 14.0. The van der Waals surface area contributed by atoms with Gasteiger partial charge in [0.05, 0.1) is 17.7 Å². The zero-order valence-corrected chi connectivity index (χ0v) is 18.6. The molecule has 0 bridgehead atoms. The van der Waals surface area contributed by atoms with E-state index in [1.807, 2.05) is 41.0 Å². The minimum absolute atomic E-state index is 0.139. The molecule has 8 nitrogen and oxygen atoms in total. The Morgan fingerprint density at radius 3 is 2.69 bits per heavy atom. The van der Waals surface area contributed by atoms with Crippen molar-refractivity contribution in [3.05, 3.63) is 46.2 Å². The second kappa shape index (κ2) is 9.50. The lowest BCUT2D eigenvalue weighted by Gasteiger charge is -2.13. The summed E-state index contributed by atoms with van der Waals surface area (Å²) in [7, 11) is 2.55. The first-order valence-corrected chi connectivity index (χ1v) is 10.5. The summed E-state index contributed by atoms with van der Waals surface area (Å²) in [5.74, 6) is -0.608. The Morgan fingerprint density at radius 2 is 2.07 bits per heavy atom. The number of pyridine rings is 2. The number of esters is 1. The van der Waals surface area contributed by atoms with Crippen molar-refractivity contribution >= 4 is 40.3 Å². The molecule has 0 fully saturated rings. The number of carbonyl (C=O) groups excluding carboxylic acids is 1. The Morgan fingerprint density at radius 1 is 1.28 bits per heavy atom. The van der Waals surface area contributed by atoms with Gasteiger partial charge in [0.25, 0.3) is 0 Å². The number of aromatic nitrogens is 4. The molecule has 3 aromatic rings. The Balaban J connectivity index is 2.18. The van der Waals surface area contributed by atoms with Crippen molar-refractivity contribution in [3.8, 4) is 23.0 Å². The van der Waals surface area contributed by atoms with E-state index in [-0.39, 0.29) is 5.88 Å². The van der Waals surface area contributed by atoms with Crippen LogP contribution in [-0.4, -0.2) is 52.5 Å². The highest BCUT2D eigenvalue weighted by molar-refractivity contribution is 14.1. The Bertz CT molecular complexity index is 1020. The summed E-state index contributed by atoms with van der Waals surface area (Å²) in [4.78, 5) is 20.9. The summed E-state index contributed by atoms with van der Waals surface area (Å²) in [5, 5.41) is 4.49. The molecule has 0 aliphatic carbocycles. The van der Waals surface area contributed by atoms with Crippen LogP contribution >= 0.6 is 34.4 Å². The number of carbonyl (C=O) groups is 1. The van der Waals surface area contributed by atoms with Gasteiger partial charge in [0.2, 0.25) is 11.8 Å². The Labute approximate surface area is 183 Å². The standard InChI is InChI=1S/C18H16FIN4O4S/c1-26-17(25)18(27-2)28-16-13(20)14(10-6-7-12(19)22-9-10)24(23-16)15-11(29-3)5-4-8-21-15/h4-9,18H,1-3H3. The van der Waals surface area contributed by atoms with E-state index in [4.69, 9.17) is 9.47 Å². The fraction of sp³-hybridized carbons (Fsp3) is 0.222. The molecular formula is C18H16FIN4O4S. The van der Waals surface area contributed by atoms with E-state index in [2.05, 4.69) is 19.8 Å². The summed E-state index contributed by atoms with van der Waals surface area (Å²) < 4.78 is 30.9. The summed E-state index contributed by atoms with van der Waals surface area (Å²) in [6.07, 6.45) is 3.66. The maximum atomic E-state index is 13.4. The minimum atomic E-state index is -1.29. The van der Waals surface area contributed by atoms with E-state index in [1.54, 1.807) is 16.9 Å². The van der Waals surface area contributed by atoms with E-state index in [0.29, 0.717) is 20.6 Å². The SMILES string of the molecule is COC(=O)C(OC)Oc1nn(-c2ncccc2SC)c(-c2ccc(F)nc2)c1I. The third-order valence-corrected chi connectivity index (χ3v) is 5.53. The van der Waals surface area contributed by atoms with Gasteiger partial charge in [-0.2, -0.15) is 4.39 Å². The van der Waals surface area contributed by atoms with Gasteiger partial charge in [0, 0.05) is 25.1 Å². The zero-order valence-electron chi connectivity index (χ0n) is 15.6. The molecule has 0 aromatic carbocycles. The summed E-state index contributed by atoms with van der Waals surface area (Å²) in [5.41, 5.74) is 1.18. The quantitative estimate of drug-likeness (QED) is 0.151. The lowest BCUT2D eigenvalue weighted by atomic mass is 10.2. The van der Waals surface area contributed by atoms with Crippen molar-refractivity contribution in [1.82, 2.24) is 19.7 Å². The Kier molecular flexibility index (Phi) is 7.03. The van der Waals surface area contributed by atoms with Gasteiger partial charge in [-0.05, 0) is 53.1 Å². The number of nitrogens with zero attached hydrogens (tertiary/aromatic N) is 4. The maximum absolute atomic E-state index is 13.4. The second-order valence-corrected chi connectivity index (χ2v) is 7.41. The highest BCUT2D eigenvalue weighted by Crippen LogP contribution is 2.36. The third kappa shape index (κ3) is 4.51. The molecule has 0 amide bonds. The van der Waals surface area contributed by atoms with Crippen molar-refractivity contribution < 1.29 is 23.4 Å². The highest BCUT2D eigenvalue weighted by atomic mass is 127. The topological polar surface area (TPSA) is 88.4 Å². The molecular weight excluding hydrogens is 514 g/mol. The molecule has 0 radical (unpaired) electrons. The average molecular weight is 530 g/mol. The first-order valence-electron chi connectivity index (χ1n) is 8.17. The number of hydrogen-bond acceptors (Lipinski definition) is 8. The van der Waals surface area contributed by atoms with Gasteiger partial charge in [-0.1, -0.05) is 0 Å². The van der Waals surface area contributed by atoms with Crippen molar-refractivity contribution in [2.45, 2.75) is 11.2 Å². The summed E-state index contributed by atoms with van der Waals surface area (Å²) >= 11 is 3.54.